The largest absolute Gasteiger partial charge is 0.467 e. The van der Waals surface area contributed by atoms with Crippen LogP contribution in [-0.4, -0.2) is 71.2 Å². The Bertz CT molecular complexity index is 1360. The van der Waals surface area contributed by atoms with Gasteiger partial charge in [0.1, 0.15) is 6.04 Å². The molecule has 0 saturated carbocycles. The Hall–Kier alpha value is -4.08. The second-order valence-corrected chi connectivity index (χ2v) is 11.0. The van der Waals surface area contributed by atoms with Crippen LogP contribution in [0.3, 0.4) is 0 Å². The van der Waals surface area contributed by atoms with Gasteiger partial charge in [0.05, 0.1) is 19.3 Å². The van der Waals surface area contributed by atoms with Gasteiger partial charge in [0.15, 0.2) is 0 Å². The van der Waals surface area contributed by atoms with Crippen molar-refractivity contribution in [3.05, 3.63) is 101 Å². The summed E-state index contributed by atoms with van der Waals surface area (Å²) in [4.78, 5) is 44.6. The fourth-order valence-electron chi connectivity index (χ4n) is 5.18. The lowest BCUT2D eigenvalue weighted by Gasteiger charge is -2.25. The first kappa shape index (κ1) is 30.9. The van der Waals surface area contributed by atoms with Gasteiger partial charge in [-0.3, -0.25) is 14.6 Å². The molecule has 2 heterocycles. The van der Waals surface area contributed by atoms with E-state index in [-0.39, 0.29) is 12.5 Å². The van der Waals surface area contributed by atoms with Crippen molar-refractivity contribution in [3.8, 4) is 0 Å². The maximum absolute atomic E-state index is 13.4. The first-order valence-corrected chi connectivity index (χ1v) is 14.4. The standard InChI is InChI=1S/C33H40N4O5/c1-22(2)27-15-24(18-34-20-27)19-35-21-30(38)28(16-23-9-5-4-6-10-23)36-31(39)25-11-7-12-26(17-25)32(40)37-14-8-13-29(37)33(41)42-3/h4-7,9-12,15,17-18,20,22,28-30,35,38H,8,13-14,16,19,21H2,1-3H3,(H,36,39)/t28-,29?,30-/m0/s1. The number of ether oxygens (including phenoxy) is 1. The number of aromatic nitrogens is 1. The fourth-order valence-corrected chi connectivity index (χ4v) is 5.18. The molecule has 1 saturated heterocycles. The lowest BCUT2D eigenvalue weighted by atomic mass is 10.00. The molecule has 9 nitrogen and oxygen atoms in total. The minimum atomic E-state index is -0.884. The summed E-state index contributed by atoms with van der Waals surface area (Å²) in [5, 5.41) is 17.5. The number of likely N-dealkylation sites (tertiary alicyclic amines) is 1. The Morgan fingerprint density at radius 3 is 2.52 bits per heavy atom. The van der Waals surface area contributed by atoms with Crippen molar-refractivity contribution in [3.63, 3.8) is 0 Å². The van der Waals surface area contributed by atoms with E-state index in [1.807, 2.05) is 36.5 Å². The highest BCUT2D eigenvalue weighted by Gasteiger charge is 2.35. The third kappa shape index (κ3) is 8.02. The number of carbonyl (C=O) groups excluding carboxylic acids is 3. The molecule has 1 aliphatic heterocycles. The van der Waals surface area contributed by atoms with Crippen molar-refractivity contribution in [2.75, 3.05) is 20.2 Å². The van der Waals surface area contributed by atoms with Gasteiger partial charge in [-0.1, -0.05) is 56.3 Å². The van der Waals surface area contributed by atoms with Crippen molar-refractivity contribution in [2.45, 2.75) is 63.8 Å². The van der Waals surface area contributed by atoms with Crippen LogP contribution in [0.4, 0.5) is 0 Å². The molecule has 0 bridgehead atoms. The zero-order valence-electron chi connectivity index (χ0n) is 24.5. The maximum Gasteiger partial charge on any atom is 0.328 e. The van der Waals surface area contributed by atoms with E-state index in [1.54, 1.807) is 24.4 Å². The first-order valence-electron chi connectivity index (χ1n) is 14.4. The van der Waals surface area contributed by atoms with Gasteiger partial charge in [0.25, 0.3) is 11.8 Å². The average Bonchev–Trinajstić information content (AvgIpc) is 3.51. The van der Waals surface area contributed by atoms with Crippen molar-refractivity contribution in [1.82, 2.24) is 20.5 Å². The number of hydrogen-bond donors (Lipinski definition) is 3. The number of esters is 1. The second kappa shape index (κ2) is 14.7. The number of nitrogens with one attached hydrogen (secondary N) is 2. The van der Waals surface area contributed by atoms with Gasteiger partial charge in [0, 0.05) is 43.2 Å². The van der Waals surface area contributed by atoms with E-state index in [0.29, 0.717) is 49.4 Å². The van der Waals surface area contributed by atoms with Gasteiger partial charge in [-0.15, -0.1) is 0 Å². The van der Waals surface area contributed by atoms with Gasteiger partial charge in [-0.05, 0) is 60.1 Å². The number of rotatable bonds is 12. The van der Waals surface area contributed by atoms with Crippen molar-refractivity contribution < 1.29 is 24.2 Å². The van der Waals surface area contributed by atoms with Crippen LogP contribution in [0.5, 0.6) is 0 Å². The SMILES string of the molecule is COC(=O)C1CCCN1C(=O)c1cccc(C(=O)N[C@@H](Cc2ccccc2)[C@@H](O)CNCc2cncc(C(C)C)c2)c1. The summed E-state index contributed by atoms with van der Waals surface area (Å²) < 4.78 is 4.87. The Morgan fingerprint density at radius 1 is 1.02 bits per heavy atom. The fraction of sp³-hybridized carbons (Fsp3) is 0.394. The van der Waals surface area contributed by atoms with E-state index in [4.69, 9.17) is 4.74 Å². The highest BCUT2D eigenvalue weighted by atomic mass is 16.5. The van der Waals surface area contributed by atoms with E-state index in [0.717, 1.165) is 16.7 Å². The Kier molecular flexibility index (Phi) is 10.8. The van der Waals surface area contributed by atoms with Crippen molar-refractivity contribution >= 4 is 17.8 Å². The molecule has 3 atom stereocenters. The van der Waals surface area contributed by atoms with Gasteiger partial charge >= 0.3 is 5.97 Å². The topological polar surface area (TPSA) is 121 Å². The molecule has 1 fully saturated rings. The number of pyridine rings is 1. The molecule has 1 unspecified atom stereocenters. The van der Waals surface area contributed by atoms with Crippen LogP contribution in [0.25, 0.3) is 0 Å². The summed E-state index contributed by atoms with van der Waals surface area (Å²) in [7, 11) is 1.31. The zero-order chi connectivity index (χ0) is 30.1. The summed E-state index contributed by atoms with van der Waals surface area (Å²) in [6.45, 7) is 5.47. The van der Waals surface area contributed by atoms with E-state index in [9.17, 15) is 19.5 Å². The van der Waals surface area contributed by atoms with Crippen LogP contribution >= 0.6 is 0 Å². The molecule has 0 aliphatic carbocycles. The number of methoxy groups -OCH3 is 1. The number of hydrogen-bond acceptors (Lipinski definition) is 7. The van der Waals surface area contributed by atoms with Crippen LogP contribution in [0.15, 0.2) is 73.1 Å². The number of amides is 2. The van der Waals surface area contributed by atoms with Gasteiger partial charge in [-0.25, -0.2) is 4.79 Å². The quantitative estimate of drug-likeness (QED) is 0.284. The predicted octanol–water partition coefficient (Wildman–Crippen LogP) is 3.47. The molecule has 42 heavy (non-hydrogen) atoms. The summed E-state index contributed by atoms with van der Waals surface area (Å²) in [6.07, 6.45) is 4.46. The molecule has 0 spiro atoms. The third-order valence-corrected chi connectivity index (χ3v) is 7.60. The van der Waals surface area contributed by atoms with Crippen LogP contribution in [0.2, 0.25) is 0 Å². The summed E-state index contributed by atoms with van der Waals surface area (Å²) in [6, 6.07) is 17.0. The number of benzene rings is 2. The van der Waals surface area contributed by atoms with Crippen LogP contribution in [0, 0.1) is 0 Å². The summed E-state index contributed by atoms with van der Waals surface area (Å²) in [5.41, 5.74) is 3.76. The Labute approximate surface area is 247 Å². The normalized spacial score (nSPS) is 16.2. The van der Waals surface area contributed by atoms with Crippen LogP contribution in [0.1, 0.15) is 70.0 Å². The highest BCUT2D eigenvalue weighted by molar-refractivity contribution is 6.01. The Morgan fingerprint density at radius 2 is 1.79 bits per heavy atom. The zero-order valence-corrected chi connectivity index (χ0v) is 24.5. The molecular weight excluding hydrogens is 532 g/mol. The first-order chi connectivity index (χ1) is 20.3. The maximum atomic E-state index is 13.4. The average molecular weight is 573 g/mol. The highest BCUT2D eigenvalue weighted by Crippen LogP contribution is 2.22. The minimum absolute atomic E-state index is 0.256. The molecule has 0 radical (unpaired) electrons. The van der Waals surface area contributed by atoms with Crippen LogP contribution < -0.4 is 10.6 Å². The van der Waals surface area contributed by atoms with Gasteiger partial charge in [0.2, 0.25) is 0 Å². The molecule has 9 heteroatoms. The van der Waals surface area contributed by atoms with Crippen molar-refractivity contribution in [1.29, 1.82) is 0 Å². The number of carbonyl (C=O) groups is 3. The van der Waals surface area contributed by atoms with E-state index < -0.39 is 30.1 Å². The minimum Gasteiger partial charge on any atom is -0.467 e. The molecule has 3 N–H and O–H groups in total. The van der Waals surface area contributed by atoms with E-state index >= 15 is 0 Å². The number of aliphatic hydroxyl groups is 1. The molecule has 2 amide bonds. The lowest BCUT2D eigenvalue weighted by Crippen LogP contribution is -2.48. The monoisotopic (exact) mass is 572 g/mol. The molecule has 1 aliphatic rings. The second-order valence-electron chi connectivity index (χ2n) is 11.0. The molecule has 2 aromatic carbocycles. The third-order valence-electron chi connectivity index (χ3n) is 7.60. The van der Waals surface area contributed by atoms with Crippen molar-refractivity contribution in [2.24, 2.45) is 0 Å². The molecule has 4 rings (SSSR count). The van der Waals surface area contributed by atoms with E-state index in [1.165, 1.54) is 18.1 Å². The lowest BCUT2D eigenvalue weighted by molar-refractivity contribution is -0.145. The predicted molar refractivity (Wildman–Crippen MR) is 160 cm³/mol. The smallest absolute Gasteiger partial charge is 0.328 e. The van der Waals surface area contributed by atoms with Gasteiger partial charge in [-0.2, -0.15) is 0 Å². The number of aliphatic hydroxyl groups excluding tert-OH is 1. The molecule has 222 valence electrons. The number of nitrogens with zero attached hydrogens (tertiary/aromatic N) is 2. The molecule has 3 aromatic rings. The van der Waals surface area contributed by atoms with E-state index in [2.05, 4.69) is 35.5 Å². The molecule has 1 aromatic heterocycles. The van der Waals surface area contributed by atoms with Crippen LogP contribution in [-0.2, 0) is 22.5 Å². The van der Waals surface area contributed by atoms with Gasteiger partial charge < -0.3 is 25.4 Å². The molecular formula is C33H40N4O5. The summed E-state index contributed by atoms with van der Waals surface area (Å²) >= 11 is 0. The summed E-state index contributed by atoms with van der Waals surface area (Å²) in [5.74, 6) is -0.792. The Balaban J connectivity index is 1.44.